The molecule has 33 heavy (non-hydrogen) atoms. The van der Waals surface area contributed by atoms with Crippen molar-refractivity contribution >= 4 is 23.7 Å². The summed E-state index contributed by atoms with van der Waals surface area (Å²) < 4.78 is 22.1. The first-order chi connectivity index (χ1) is 16.1. The summed E-state index contributed by atoms with van der Waals surface area (Å²) in [5.41, 5.74) is 4.18. The summed E-state index contributed by atoms with van der Waals surface area (Å²) in [6.45, 7) is 2.60. The zero-order valence-corrected chi connectivity index (χ0v) is 19.2. The lowest BCUT2D eigenvalue weighted by Gasteiger charge is -2.12. The van der Waals surface area contributed by atoms with E-state index in [1.165, 1.54) is 6.21 Å². The lowest BCUT2D eigenvalue weighted by Crippen LogP contribution is -2.24. The van der Waals surface area contributed by atoms with E-state index < -0.39 is 0 Å². The Balaban J connectivity index is 1.52. The Morgan fingerprint density at radius 1 is 0.939 bits per heavy atom. The number of nitrogens with zero attached hydrogens (tertiary/aromatic N) is 1. The Labute approximate surface area is 197 Å². The van der Waals surface area contributed by atoms with Crippen LogP contribution in [-0.2, 0) is 11.4 Å². The van der Waals surface area contributed by atoms with Crippen LogP contribution in [0.1, 0.15) is 18.1 Å². The summed E-state index contributed by atoms with van der Waals surface area (Å²) in [4.78, 5) is 12.0. The molecule has 7 nitrogen and oxygen atoms in total. The minimum atomic E-state index is -0.380. The van der Waals surface area contributed by atoms with Gasteiger partial charge in [0.2, 0.25) is 0 Å². The predicted molar refractivity (Wildman–Crippen MR) is 128 cm³/mol. The maximum Gasteiger partial charge on any atom is 0.277 e. The molecule has 0 unspecified atom stereocenters. The highest BCUT2D eigenvalue weighted by atomic mass is 35.5. The lowest BCUT2D eigenvalue weighted by atomic mass is 10.2. The SMILES string of the molecule is CCOc1cc(/C=N/NC(=O)COc2ccc(OC)cc2)ccc1OCc1ccc(Cl)cc1. The summed E-state index contributed by atoms with van der Waals surface area (Å²) in [6.07, 6.45) is 1.52. The van der Waals surface area contributed by atoms with E-state index in [1.54, 1.807) is 43.5 Å². The molecular weight excluding hydrogens is 444 g/mol. The van der Waals surface area contributed by atoms with Crippen molar-refractivity contribution in [3.63, 3.8) is 0 Å². The molecule has 1 amide bonds. The number of hydrogen-bond donors (Lipinski definition) is 1. The van der Waals surface area contributed by atoms with Crippen molar-refractivity contribution in [1.82, 2.24) is 5.43 Å². The number of halogens is 1. The molecule has 0 heterocycles. The number of methoxy groups -OCH3 is 1. The Morgan fingerprint density at radius 2 is 1.67 bits per heavy atom. The van der Waals surface area contributed by atoms with Crippen molar-refractivity contribution in [1.29, 1.82) is 0 Å². The molecule has 0 saturated heterocycles. The molecule has 0 fully saturated rings. The molecule has 0 aliphatic rings. The summed E-state index contributed by atoms with van der Waals surface area (Å²) in [5.74, 6) is 2.09. The van der Waals surface area contributed by atoms with Crippen molar-refractivity contribution in [2.75, 3.05) is 20.3 Å². The molecule has 0 aliphatic carbocycles. The van der Waals surface area contributed by atoms with E-state index in [9.17, 15) is 4.79 Å². The molecule has 0 aliphatic heterocycles. The van der Waals surface area contributed by atoms with Crippen LogP contribution in [0.25, 0.3) is 0 Å². The van der Waals surface area contributed by atoms with Crippen LogP contribution in [0.2, 0.25) is 5.02 Å². The monoisotopic (exact) mass is 468 g/mol. The fourth-order valence-corrected chi connectivity index (χ4v) is 2.89. The van der Waals surface area contributed by atoms with Gasteiger partial charge in [-0.2, -0.15) is 5.10 Å². The number of rotatable bonds is 11. The normalized spacial score (nSPS) is 10.6. The molecule has 3 aromatic rings. The van der Waals surface area contributed by atoms with Gasteiger partial charge in [-0.15, -0.1) is 0 Å². The highest BCUT2D eigenvalue weighted by Gasteiger charge is 2.07. The summed E-state index contributed by atoms with van der Waals surface area (Å²) >= 11 is 5.92. The summed E-state index contributed by atoms with van der Waals surface area (Å²) in [5, 5.41) is 4.66. The molecule has 0 bridgehead atoms. The third kappa shape index (κ3) is 7.73. The van der Waals surface area contributed by atoms with Crippen molar-refractivity contribution in [3.8, 4) is 23.0 Å². The molecule has 172 valence electrons. The van der Waals surface area contributed by atoms with Gasteiger partial charge in [-0.25, -0.2) is 5.43 Å². The zero-order valence-electron chi connectivity index (χ0n) is 18.4. The highest BCUT2D eigenvalue weighted by molar-refractivity contribution is 6.30. The van der Waals surface area contributed by atoms with Gasteiger partial charge < -0.3 is 18.9 Å². The largest absolute Gasteiger partial charge is 0.497 e. The smallest absolute Gasteiger partial charge is 0.277 e. The van der Waals surface area contributed by atoms with Gasteiger partial charge in [-0.3, -0.25) is 4.79 Å². The molecule has 1 N–H and O–H groups in total. The molecule has 0 radical (unpaired) electrons. The van der Waals surface area contributed by atoms with Gasteiger partial charge in [0.25, 0.3) is 5.91 Å². The van der Waals surface area contributed by atoms with Crippen LogP contribution in [0.4, 0.5) is 0 Å². The van der Waals surface area contributed by atoms with E-state index in [1.807, 2.05) is 37.3 Å². The molecule has 3 rings (SSSR count). The number of carbonyl (C=O) groups is 1. The van der Waals surface area contributed by atoms with Crippen molar-refractivity contribution in [3.05, 3.63) is 82.9 Å². The third-order valence-electron chi connectivity index (χ3n) is 4.41. The number of amides is 1. The van der Waals surface area contributed by atoms with Crippen LogP contribution in [-0.4, -0.2) is 32.4 Å². The number of carbonyl (C=O) groups excluding carboxylic acids is 1. The average molecular weight is 469 g/mol. The fourth-order valence-electron chi connectivity index (χ4n) is 2.77. The second-order valence-electron chi connectivity index (χ2n) is 6.81. The van der Waals surface area contributed by atoms with Gasteiger partial charge in [-0.1, -0.05) is 23.7 Å². The first kappa shape index (κ1) is 23.9. The minimum Gasteiger partial charge on any atom is -0.497 e. The van der Waals surface area contributed by atoms with Gasteiger partial charge in [-0.05, 0) is 72.6 Å². The first-order valence-electron chi connectivity index (χ1n) is 10.3. The Bertz CT molecular complexity index is 1070. The molecule has 3 aromatic carbocycles. The van der Waals surface area contributed by atoms with Gasteiger partial charge in [0, 0.05) is 5.02 Å². The van der Waals surface area contributed by atoms with E-state index in [-0.39, 0.29) is 12.5 Å². The number of benzene rings is 3. The van der Waals surface area contributed by atoms with E-state index in [0.717, 1.165) is 11.1 Å². The summed E-state index contributed by atoms with van der Waals surface area (Å²) in [6, 6.07) is 19.8. The van der Waals surface area contributed by atoms with Crippen molar-refractivity contribution < 1.29 is 23.7 Å². The van der Waals surface area contributed by atoms with Crippen LogP contribution in [0.3, 0.4) is 0 Å². The second kappa shape index (κ2) is 12.4. The number of hydrazone groups is 1. The van der Waals surface area contributed by atoms with Crippen molar-refractivity contribution in [2.45, 2.75) is 13.5 Å². The molecule has 0 saturated carbocycles. The topological polar surface area (TPSA) is 78.4 Å². The highest BCUT2D eigenvalue weighted by Crippen LogP contribution is 2.29. The maximum absolute atomic E-state index is 12.0. The second-order valence-corrected chi connectivity index (χ2v) is 7.25. The molecule has 8 heteroatoms. The van der Waals surface area contributed by atoms with E-state index in [0.29, 0.717) is 41.2 Å². The quantitative estimate of drug-likeness (QED) is 0.321. The summed E-state index contributed by atoms with van der Waals surface area (Å²) in [7, 11) is 1.58. The minimum absolute atomic E-state index is 0.161. The van der Waals surface area contributed by atoms with E-state index in [4.69, 9.17) is 30.5 Å². The Hall–Kier alpha value is -3.71. The number of hydrogen-bond acceptors (Lipinski definition) is 6. The molecule has 0 aromatic heterocycles. The number of nitrogens with one attached hydrogen (secondary N) is 1. The number of ether oxygens (including phenoxy) is 4. The van der Waals surface area contributed by atoms with E-state index in [2.05, 4.69) is 10.5 Å². The standard InChI is InChI=1S/C25H25ClN2O5/c1-3-31-24-14-19(6-13-23(24)33-16-18-4-7-20(26)8-5-18)15-27-28-25(29)17-32-22-11-9-21(30-2)10-12-22/h4-15H,3,16-17H2,1-2H3,(H,28,29)/b27-15+. The molecular formula is C25H25ClN2O5. The average Bonchev–Trinajstić information content (AvgIpc) is 2.84. The Kier molecular flexibility index (Phi) is 8.97. The predicted octanol–water partition coefficient (Wildman–Crippen LogP) is 4.86. The Morgan fingerprint density at radius 3 is 2.36 bits per heavy atom. The van der Waals surface area contributed by atoms with Gasteiger partial charge >= 0.3 is 0 Å². The first-order valence-corrected chi connectivity index (χ1v) is 10.7. The fraction of sp³-hybridized carbons (Fsp3) is 0.200. The van der Waals surface area contributed by atoms with Gasteiger partial charge in [0.1, 0.15) is 18.1 Å². The van der Waals surface area contributed by atoms with Crippen LogP contribution >= 0.6 is 11.6 Å². The van der Waals surface area contributed by atoms with Crippen LogP contribution in [0, 0.1) is 0 Å². The van der Waals surface area contributed by atoms with Crippen LogP contribution < -0.4 is 24.4 Å². The zero-order chi connectivity index (χ0) is 23.5. The maximum atomic E-state index is 12.0. The van der Waals surface area contributed by atoms with Crippen molar-refractivity contribution in [2.24, 2.45) is 5.10 Å². The molecule has 0 spiro atoms. The lowest BCUT2D eigenvalue weighted by molar-refractivity contribution is -0.123. The van der Waals surface area contributed by atoms with Gasteiger partial charge in [0.05, 0.1) is 19.9 Å². The third-order valence-corrected chi connectivity index (χ3v) is 4.66. The van der Waals surface area contributed by atoms with E-state index >= 15 is 0 Å². The van der Waals surface area contributed by atoms with Crippen LogP contribution in [0.15, 0.2) is 71.8 Å². The van der Waals surface area contributed by atoms with Gasteiger partial charge in [0.15, 0.2) is 18.1 Å². The van der Waals surface area contributed by atoms with Crippen LogP contribution in [0.5, 0.6) is 23.0 Å². The molecule has 0 atom stereocenters.